The topological polar surface area (TPSA) is 26.3 Å². The largest absolute Gasteiger partial charge is 0.542 e. The summed E-state index contributed by atoms with van der Waals surface area (Å²) in [6, 6.07) is 6.55. The van der Waals surface area contributed by atoms with Gasteiger partial charge in [-0.3, -0.25) is 4.79 Å². The molecule has 2 nitrogen and oxygen atoms in total. The fourth-order valence-electron chi connectivity index (χ4n) is 1.30. The first kappa shape index (κ1) is 14.9. The molecule has 0 aromatic heterocycles. The Morgan fingerprint density at radius 1 is 1.22 bits per heavy atom. The lowest BCUT2D eigenvalue weighted by atomic mass is 10.1. The second kappa shape index (κ2) is 5.67. The van der Waals surface area contributed by atoms with Crippen molar-refractivity contribution in [3.05, 3.63) is 40.7 Å². The van der Waals surface area contributed by atoms with E-state index in [1.807, 2.05) is 19.6 Å². The summed E-state index contributed by atoms with van der Waals surface area (Å²) in [5.41, 5.74) is 0.523. The van der Waals surface area contributed by atoms with Gasteiger partial charge in [-0.25, -0.2) is 0 Å². The molecule has 0 heterocycles. The van der Waals surface area contributed by atoms with E-state index < -0.39 is 19.9 Å². The second-order valence-corrected chi connectivity index (χ2v) is 9.79. The summed E-state index contributed by atoms with van der Waals surface area (Å²) in [6.45, 7) is 6.96. The highest BCUT2D eigenvalue weighted by molar-refractivity contribution is 6.70. The van der Waals surface area contributed by atoms with Crippen molar-refractivity contribution in [2.45, 2.75) is 26.6 Å². The molecule has 5 heteroatoms. The normalized spacial score (nSPS) is 13.0. The maximum Gasteiger partial charge on any atom is 0.242 e. The Morgan fingerprint density at radius 3 is 2.11 bits per heavy atom. The highest BCUT2D eigenvalue weighted by Gasteiger charge is 2.23. The molecule has 1 aromatic rings. The molecule has 0 amide bonds. The van der Waals surface area contributed by atoms with E-state index in [1.165, 1.54) is 6.92 Å². The van der Waals surface area contributed by atoms with Crippen LogP contribution >= 0.6 is 11.6 Å². The first-order valence-corrected chi connectivity index (χ1v) is 9.35. The van der Waals surface area contributed by atoms with Gasteiger partial charge in [0, 0.05) is 17.5 Å². The average molecular weight is 287 g/mol. The molecule has 98 valence electrons. The Morgan fingerprint density at radius 2 is 1.72 bits per heavy atom. The first-order chi connectivity index (χ1) is 8.20. The lowest BCUT2D eigenvalue weighted by Crippen LogP contribution is -2.25. The third-order valence-corrected chi connectivity index (χ3v) is 3.09. The number of rotatable bonds is 4. The van der Waals surface area contributed by atoms with Crippen LogP contribution in [0.1, 0.15) is 12.5 Å². The minimum absolute atomic E-state index is 0.0123. The number of Topliss-reactive ketones (excluding diaryl/α,β-unsaturated/α-hetero) is 1. The molecule has 0 aliphatic carbocycles. The minimum atomic E-state index is -2.01. The van der Waals surface area contributed by atoms with E-state index in [2.05, 4.69) is 0 Å². The summed E-state index contributed by atoms with van der Waals surface area (Å²) in [5, 5.41) is 0.550. The van der Waals surface area contributed by atoms with Crippen LogP contribution in [0, 0.1) is 0 Å². The number of hydrogen-bond donors (Lipinski definition) is 0. The summed E-state index contributed by atoms with van der Waals surface area (Å²) in [6.07, 6.45) is 0. The third kappa shape index (κ3) is 4.27. The molecule has 18 heavy (non-hydrogen) atoms. The fraction of sp³-hybridized carbons (Fsp3) is 0.308. The number of carbonyl (C=O) groups excluding carboxylic acids is 1. The van der Waals surface area contributed by atoms with E-state index >= 15 is 0 Å². The molecule has 0 N–H and O–H groups in total. The number of benzene rings is 1. The minimum Gasteiger partial charge on any atom is -0.542 e. The van der Waals surface area contributed by atoms with Gasteiger partial charge in [0.05, 0.1) is 0 Å². The smallest absolute Gasteiger partial charge is 0.242 e. The molecule has 0 saturated heterocycles. The highest BCUT2D eigenvalue weighted by atomic mass is 35.5. The molecule has 0 aliphatic heterocycles. The maximum absolute atomic E-state index is 13.9. The third-order valence-electron chi connectivity index (χ3n) is 2.02. The van der Waals surface area contributed by atoms with Gasteiger partial charge < -0.3 is 4.43 Å². The van der Waals surface area contributed by atoms with Gasteiger partial charge in [0.2, 0.25) is 14.1 Å². The lowest BCUT2D eigenvalue weighted by Gasteiger charge is -2.22. The average Bonchev–Trinajstić information content (AvgIpc) is 2.25. The second-order valence-electron chi connectivity index (χ2n) is 4.92. The summed E-state index contributed by atoms with van der Waals surface area (Å²) in [7, 11) is -2.01. The Labute approximate surface area is 113 Å². The lowest BCUT2D eigenvalue weighted by molar-refractivity contribution is -0.114. The molecule has 1 rings (SSSR count). The van der Waals surface area contributed by atoms with Crippen LogP contribution < -0.4 is 0 Å². The molecule has 0 saturated carbocycles. The Balaban J connectivity index is 3.25. The molecular formula is C13H16ClFO2Si. The van der Waals surface area contributed by atoms with Crippen LogP contribution in [-0.2, 0) is 9.22 Å². The molecule has 0 aliphatic rings. The Bertz CT molecular complexity index is 475. The van der Waals surface area contributed by atoms with Crippen molar-refractivity contribution >= 4 is 31.5 Å². The predicted molar refractivity (Wildman–Crippen MR) is 74.6 cm³/mol. The number of hydrogen-bond acceptors (Lipinski definition) is 2. The summed E-state index contributed by atoms with van der Waals surface area (Å²) in [5.74, 6) is -1.48. The van der Waals surface area contributed by atoms with E-state index in [9.17, 15) is 9.18 Å². The van der Waals surface area contributed by atoms with Gasteiger partial charge in [-0.1, -0.05) is 11.6 Å². The quantitative estimate of drug-likeness (QED) is 0.465. The van der Waals surface area contributed by atoms with Crippen LogP contribution in [0.15, 0.2) is 30.1 Å². The SMILES string of the molecule is CC(=O)/C(F)=C(\O[Si](C)(C)C)c1ccc(Cl)cc1. The molecule has 0 radical (unpaired) electrons. The van der Waals surface area contributed by atoms with Crippen molar-refractivity contribution < 1.29 is 13.6 Å². The first-order valence-electron chi connectivity index (χ1n) is 5.56. The zero-order valence-electron chi connectivity index (χ0n) is 10.9. The maximum atomic E-state index is 13.9. The van der Waals surface area contributed by atoms with Crippen molar-refractivity contribution in [2.75, 3.05) is 0 Å². The van der Waals surface area contributed by atoms with Gasteiger partial charge in [-0.2, -0.15) is 4.39 Å². The van der Waals surface area contributed by atoms with Crippen LogP contribution in [-0.4, -0.2) is 14.1 Å². The van der Waals surface area contributed by atoms with Gasteiger partial charge in [0.25, 0.3) is 0 Å². The Kier molecular flexibility index (Phi) is 4.70. The molecule has 1 aromatic carbocycles. The van der Waals surface area contributed by atoms with Gasteiger partial charge >= 0.3 is 0 Å². The molecular weight excluding hydrogens is 271 g/mol. The van der Waals surface area contributed by atoms with E-state index in [0.717, 1.165) is 0 Å². The number of carbonyl (C=O) groups is 1. The predicted octanol–water partition coefficient (Wildman–Crippen LogP) is 4.42. The van der Waals surface area contributed by atoms with Crippen molar-refractivity contribution in [2.24, 2.45) is 0 Å². The molecule has 0 atom stereocenters. The van der Waals surface area contributed by atoms with Crippen LogP contribution in [0.25, 0.3) is 5.76 Å². The van der Waals surface area contributed by atoms with Crippen molar-refractivity contribution in [1.29, 1.82) is 0 Å². The van der Waals surface area contributed by atoms with E-state index in [-0.39, 0.29) is 5.76 Å². The van der Waals surface area contributed by atoms with E-state index in [1.54, 1.807) is 24.3 Å². The van der Waals surface area contributed by atoms with Gasteiger partial charge in [-0.15, -0.1) is 0 Å². The van der Waals surface area contributed by atoms with Gasteiger partial charge in [0.15, 0.2) is 11.5 Å². The fourth-order valence-corrected chi connectivity index (χ4v) is 2.24. The number of allylic oxidation sites excluding steroid dienone is 1. The number of halogens is 2. The zero-order chi connectivity index (χ0) is 13.9. The highest BCUT2D eigenvalue weighted by Crippen LogP contribution is 2.26. The standard InChI is InChI=1S/C13H16ClFO2Si/c1-9(16)12(15)13(17-18(2,3)4)10-5-7-11(14)8-6-10/h5-8H,1-4H3/b13-12+. The molecule has 0 unspecified atom stereocenters. The molecule has 0 spiro atoms. The Hall–Kier alpha value is -1.13. The summed E-state index contributed by atoms with van der Waals surface area (Å²) in [4.78, 5) is 11.2. The molecule has 0 bridgehead atoms. The number of ketones is 1. The monoisotopic (exact) mass is 286 g/mol. The summed E-state index contributed by atoms with van der Waals surface area (Å²) < 4.78 is 19.6. The van der Waals surface area contributed by atoms with Crippen LogP contribution in [0.3, 0.4) is 0 Å². The van der Waals surface area contributed by atoms with Crippen LogP contribution in [0.4, 0.5) is 4.39 Å². The van der Waals surface area contributed by atoms with E-state index in [0.29, 0.717) is 10.6 Å². The van der Waals surface area contributed by atoms with Crippen molar-refractivity contribution in [3.8, 4) is 0 Å². The van der Waals surface area contributed by atoms with E-state index in [4.69, 9.17) is 16.0 Å². The van der Waals surface area contributed by atoms with Crippen LogP contribution in [0.5, 0.6) is 0 Å². The van der Waals surface area contributed by atoms with Crippen molar-refractivity contribution in [3.63, 3.8) is 0 Å². The van der Waals surface area contributed by atoms with Gasteiger partial charge in [-0.05, 0) is 43.9 Å². The zero-order valence-corrected chi connectivity index (χ0v) is 12.6. The van der Waals surface area contributed by atoms with Crippen LogP contribution in [0.2, 0.25) is 24.7 Å². The summed E-state index contributed by atoms with van der Waals surface area (Å²) >= 11 is 5.78. The van der Waals surface area contributed by atoms with Crippen molar-refractivity contribution in [1.82, 2.24) is 0 Å². The molecule has 0 fully saturated rings. The van der Waals surface area contributed by atoms with Gasteiger partial charge in [0.1, 0.15) is 0 Å².